The van der Waals surface area contributed by atoms with Crippen molar-refractivity contribution >= 4 is 17.3 Å². The second-order valence-electron chi connectivity index (χ2n) is 10.4. The summed E-state index contributed by atoms with van der Waals surface area (Å²) in [6, 6.07) is 11.0. The highest BCUT2D eigenvalue weighted by Crippen LogP contribution is 2.36. The number of halogens is 1. The molecular formula is C29H32ClN3O2. The van der Waals surface area contributed by atoms with Crippen LogP contribution in [0, 0.1) is 23.7 Å². The van der Waals surface area contributed by atoms with Gasteiger partial charge in [-0.2, -0.15) is 0 Å². The zero-order chi connectivity index (χ0) is 23.8. The minimum absolute atomic E-state index is 0.0478. The van der Waals surface area contributed by atoms with Gasteiger partial charge in [-0.3, -0.25) is 14.3 Å². The van der Waals surface area contributed by atoms with E-state index in [1.54, 1.807) is 10.6 Å². The van der Waals surface area contributed by atoms with Crippen LogP contribution in [0.2, 0.25) is 5.02 Å². The Morgan fingerprint density at radius 2 is 1.86 bits per heavy atom. The van der Waals surface area contributed by atoms with Gasteiger partial charge in [0.2, 0.25) is 0 Å². The monoisotopic (exact) mass is 489 g/mol. The number of likely N-dealkylation sites (tertiary alicyclic amines) is 1. The summed E-state index contributed by atoms with van der Waals surface area (Å²) in [6.07, 6.45) is 13.2. The number of fused-ring (bicyclic) bond motifs is 2. The number of rotatable bonds is 6. The van der Waals surface area contributed by atoms with E-state index in [9.17, 15) is 4.79 Å². The van der Waals surface area contributed by atoms with Gasteiger partial charge in [0.15, 0.2) is 0 Å². The van der Waals surface area contributed by atoms with Crippen molar-refractivity contribution in [3.8, 4) is 5.75 Å². The molecule has 1 aromatic carbocycles. The summed E-state index contributed by atoms with van der Waals surface area (Å²) in [5, 5.41) is 4.23. The van der Waals surface area contributed by atoms with Crippen molar-refractivity contribution < 1.29 is 4.74 Å². The van der Waals surface area contributed by atoms with E-state index in [1.165, 1.54) is 31.8 Å². The predicted molar refractivity (Wildman–Crippen MR) is 140 cm³/mol. The van der Waals surface area contributed by atoms with E-state index in [1.807, 2.05) is 36.5 Å². The molecule has 5 nitrogen and oxygen atoms in total. The minimum Gasteiger partial charge on any atom is -0.489 e. The van der Waals surface area contributed by atoms with Crippen LogP contribution in [0.15, 0.2) is 77.3 Å². The Kier molecular flexibility index (Phi) is 6.40. The average molecular weight is 490 g/mol. The summed E-state index contributed by atoms with van der Waals surface area (Å²) < 4.78 is 7.60. The number of ether oxygens (including phenoxy) is 1. The zero-order valence-electron chi connectivity index (χ0n) is 19.9. The van der Waals surface area contributed by atoms with Gasteiger partial charge in [0.25, 0.3) is 5.56 Å². The van der Waals surface area contributed by atoms with Crippen LogP contribution >= 0.6 is 11.6 Å². The van der Waals surface area contributed by atoms with Crippen molar-refractivity contribution in [2.24, 2.45) is 23.7 Å². The highest BCUT2D eigenvalue weighted by Gasteiger charge is 2.36. The highest BCUT2D eigenvalue weighted by atomic mass is 35.5. The van der Waals surface area contributed by atoms with Crippen LogP contribution in [-0.4, -0.2) is 42.2 Å². The van der Waals surface area contributed by atoms with Gasteiger partial charge < -0.3 is 10.1 Å². The molecule has 2 aliphatic carbocycles. The first kappa shape index (κ1) is 22.8. The fraction of sp³-hybridized carbons (Fsp3) is 0.414. The number of nitrogens with one attached hydrogen (secondary N) is 1. The molecule has 0 spiro atoms. The maximum Gasteiger partial charge on any atom is 0.258 e. The Morgan fingerprint density at radius 1 is 1.06 bits per heavy atom. The van der Waals surface area contributed by atoms with Crippen LogP contribution in [-0.2, 0) is 6.61 Å². The van der Waals surface area contributed by atoms with E-state index in [-0.39, 0.29) is 5.56 Å². The molecule has 182 valence electrons. The fourth-order valence-electron chi connectivity index (χ4n) is 6.08. The fourth-order valence-corrected chi connectivity index (χ4v) is 6.20. The normalized spacial score (nSPS) is 27.8. The van der Waals surface area contributed by atoms with Gasteiger partial charge >= 0.3 is 0 Å². The molecule has 2 saturated heterocycles. The lowest BCUT2D eigenvalue weighted by molar-refractivity contribution is 0.305. The maximum absolute atomic E-state index is 12.9. The van der Waals surface area contributed by atoms with E-state index in [0.29, 0.717) is 29.2 Å². The number of nitrogens with zero attached hydrogens (tertiary/aromatic N) is 2. The molecule has 1 N–H and O–H groups in total. The zero-order valence-corrected chi connectivity index (χ0v) is 20.7. The van der Waals surface area contributed by atoms with E-state index in [0.717, 1.165) is 42.5 Å². The Balaban J connectivity index is 1.08. The number of hydrogen-bond donors (Lipinski definition) is 1. The molecule has 35 heavy (non-hydrogen) atoms. The first-order valence-corrected chi connectivity index (χ1v) is 13.1. The molecule has 2 aliphatic heterocycles. The second-order valence-corrected chi connectivity index (χ2v) is 10.8. The summed E-state index contributed by atoms with van der Waals surface area (Å²) in [6.45, 7) is 6.29. The van der Waals surface area contributed by atoms with E-state index in [4.69, 9.17) is 16.3 Å². The van der Waals surface area contributed by atoms with E-state index >= 15 is 0 Å². The molecule has 2 fully saturated rings. The van der Waals surface area contributed by atoms with E-state index in [2.05, 4.69) is 34.5 Å². The van der Waals surface area contributed by atoms with Gasteiger partial charge in [0.05, 0.1) is 0 Å². The van der Waals surface area contributed by atoms with Crippen molar-refractivity contribution in [2.45, 2.75) is 19.4 Å². The number of allylic oxidation sites excluding steroid dienone is 4. The molecule has 6 heteroatoms. The van der Waals surface area contributed by atoms with Crippen LogP contribution in [0.1, 0.15) is 18.4 Å². The Labute approximate surface area is 211 Å². The first-order chi connectivity index (χ1) is 17.1. The van der Waals surface area contributed by atoms with Crippen molar-refractivity contribution in [2.75, 3.05) is 32.7 Å². The SMILES string of the molecule is O=c1cc(OCc2ccc(Cl)cc2)ccn1C1=CC2C=CC(CN3CC4CNCC4C3)=CC2CC1. The summed E-state index contributed by atoms with van der Waals surface area (Å²) in [5.74, 6) is 3.15. The van der Waals surface area contributed by atoms with Gasteiger partial charge in [0, 0.05) is 48.5 Å². The Morgan fingerprint density at radius 3 is 2.63 bits per heavy atom. The van der Waals surface area contributed by atoms with Gasteiger partial charge in [-0.25, -0.2) is 0 Å². The summed E-state index contributed by atoms with van der Waals surface area (Å²) >= 11 is 5.94. The lowest BCUT2D eigenvalue weighted by Crippen LogP contribution is -2.29. The lowest BCUT2D eigenvalue weighted by Gasteiger charge is -2.31. The molecule has 4 atom stereocenters. The van der Waals surface area contributed by atoms with Crippen molar-refractivity contribution in [3.05, 3.63) is 93.4 Å². The minimum atomic E-state index is -0.0478. The first-order valence-electron chi connectivity index (χ1n) is 12.7. The molecule has 0 bridgehead atoms. The standard InChI is InChI=1S/C29H32ClN3O2/c30-26-6-2-20(3-7-26)19-35-28-9-10-33(29(34)13-28)27-8-5-22-11-21(1-4-23(22)12-27)16-32-17-24-14-31-15-25(24)18-32/h1-4,6-7,9-13,22-25,31H,5,8,14-19H2. The van der Waals surface area contributed by atoms with Gasteiger partial charge in [0.1, 0.15) is 12.4 Å². The molecule has 3 heterocycles. The molecule has 4 aliphatic rings. The van der Waals surface area contributed by atoms with E-state index < -0.39 is 0 Å². The number of hydrogen-bond acceptors (Lipinski definition) is 4. The largest absolute Gasteiger partial charge is 0.489 e. The van der Waals surface area contributed by atoms with Crippen LogP contribution < -0.4 is 15.6 Å². The number of benzene rings is 1. The predicted octanol–water partition coefficient (Wildman–Crippen LogP) is 4.60. The third-order valence-corrected chi connectivity index (χ3v) is 8.22. The molecular weight excluding hydrogens is 458 g/mol. The van der Waals surface area contributed by atoms with Gasteiger partial charge in [-0.05, 0) is 73.0 Å². The summed E-state index contributed by atoms with van der Waals surface area (Å²) in [5.41, 5.74) is 3.51. The second kappa shape index (κ2) is 9.81. The molecule has 0 radical (unpaired) electrons. The molecule has 1 aromatic heterocycles. The van der Waals surface area contributed by atoms with Crippen LogP contribution in [0.4, 0.5) is 0 Å². The van der Waals surface area contributed by atoms with Crippen molar-refractivity contribution in [1.29, 1.82) is 0 Å². The highest BCUT2D eigenvalue weighted by molar-refractivity contribution is 6.30. The third kappa shape index (κ3) is 5.04. The quantitative estimate of drug-likeness (QED) is 0.644. The van der Waals surface area contributed by atoms with Crippen molar-refractivity contribution in [1.82, 2.24) is 14.8 Å². The molecule has 4 unspecified atom stereocenters. The lowest BCUT2D eigenvalue weighted by atomic mass is 9.78. The Hall–Kier alpha value is -2.60. The van der Waals surface area contributed by atoms with Crippen LogP contribution in [0.5, 0.6) is 5.75 Å². The topological polar surface area (TPSA) is 46.5 Å². The van der Waals surface area contributed by atoms with Gasteiger partial charge in [-0.1, -0.05) is 48.0 Å². The maximum atomic E-state index is 12.9. The van der Waals surface area contributed by atoms with Crippen LogP contribution in [0.3, 0.4) is 0 Å². The average Bonchev–Trinajstić information content (AvgIpc) is 3.45. The van der Waals surface area contributed by atoms with Gasteiger partial charge in [-0.15, -0.1) is 0 Å². The van der Waals surface area contributed by atoms with Crippen LogP contribution in [0.25, 0.3) is 5.70 Å². The number of aromatic nitrogens is 1. The Bertz CT molecular complexity index is 1220. The summed E-state index contributed by atoms with van der Waals surface area (Å²) in [4.78, 5) is 15.5. The molecule has 0 amide bonds. The number of pyridine rings is 1. The summed E-state index contributed by atoms with van der Waals surface area (Å²) in [7, 11) is 0. The molecule has 2 aromatic rings. The smallest absolute Gasteiger partial charge is 0.258 e. The molecule has 0 saturated carbocycles. The third-order valence-electron chi connectivity index (χ3n) is 7.96. The molecule has 6 rings (SSSR count). The van der Waals surface area contributed by atoms with Crippen molar-refractivity contribution in [3.63, 3.8) is 0 Å².